The van der Waals surface area contributed by atoms with Crippen LogP contribution in [-0.4, -0.2) is 27.7 Å². The van der Waals surface area contributed by atoms with Gasteiger partial charge in [0.15, 0.2) is 5.82 Å². The molecule has 0 amide bonds. The third-order valence-electron chi connectivity index (χ3n) is 4.60. The Morgan fingerprint density at radius 3 is 2.36 bits per heavy atom. The van der Waals surface area contributed by atoms with Crippen LogP contribution in [0.4, 0.5) is 10.1 Å². The Labute approximate surface area is 165 Å². The van der Waals surface area contributed by atoms with E-state index in [9.17, 15) is 9.18 Å². The molecule has 0 aliphatic rings. The molecule has 0 saturated carbocycles. The van der Waals surface area contributed by atoms with Crippen molar-refractivity contribution in [1.82, 2.24) is 14.6 Å². The molecule has 2 heterocycles. The lowest BCUT2D eigenvalue weighted by atomic mass is 10.2. The highest BCUT2D eigenvalue weighted by Crippen LogP contribution is 2.17. The van der Waals surface area contributed by atoms with Gasteiger partial charge in [-0.3, -0.25) is 4.79 Å². The second-order valence-electron chi connectivity index (χ2n) is 6.32. The van der Waals surface area contributed by atoms with Gasteiger partial charge in [-0.25, -0.2) is 4.39 Å². The molecule has 0 saturated heterocycles. The summed E-state index contributed by atoms with van der Waals surface area (Å²) in [4.78, 5) is 19.9. The van der Waals surface area contributed by atoms with E-state index in [1.54, 1.807) is 12.1 Å². The van der Waals surface area contributed by atoms with Gasteiger partial charge in [0.2, 0.25) is 4.96 Å². The van der Waals surface area contributed by atoms with E-state index in [4.69, 9.17) is 0 Å². The standard InChI is InChI=1S/C21H19FN4OS/c1-3-25(4-2)17-11-5-14(6-12-17)13-18-20(27)26-21(28-18)23-19(24-26)15-7-9-16(22)10-8-15/h5-13H,3-4H2,1-2H3/b18-13-. The van der Waals surface area contributed by atoms with E-state index in [0.29, 0.717) is 20.9 Å². The Morgan fingerprint density at radius 2 is 1.75 bits per heavy atom. The van der Waals surface area contributed by atoms with Gasteiger partial charge in [0.05, 0.1) is 4.53 Å². The van der Waals surface area contributed by atoms with E-state index in [1.165, 1.54) is 28.0 Å². The first-order valence-electron chi connectivity index (χ1n) is 9.11. The van der Waals surface area contributed by atoms with Gasteiger partial charge in [0.25, 0.3) is 5.56 Å². The first kappa shape index (κ1) is 18.3. The maximum absolute atomic E-state index is 13.1. The number of anilines is 1. The molecule has 0 aliphatic carbocycles. The van der Waals surface area contributed by atoms with E-state index < -0.39 is 0 Å². The molecule has 2 aromatic carbocycles. The second kappa shape index (κ2) is 7.52. The van der Waals surface area contributed by atoms with Crippen molar-refractivity contribution >= 4 is 28.1 Å². The number of hydrogen-bond donors (Lipinski definition) is 0. The van der Waals surface area contributed by atoms with Gasteiger partial charge in [0, 0.05) is 24.3 Å². The number of rotatable bonds is 5. The smallest absolute Gasteiger partial charge is 0.291 e. The SMILES string of the molecule is CCN(CC)c1ccc(/C=c2\sc3nc(-c4ccc(F)cc4)nn3c2=O)cc1. The third kappa shape index (κ3) is 3.41. The number of halogens is 1. The van der Waals surface area contributed by atoms with Crippen molar-refractivity contribution < 1.29 is 4.39 Å². The van der Waals surface area contributed by atoms with Gasteiger partial charge in [-0.1, -0.05) is 23.5 Å². The highest BCUT2D eigenvalue weighted by Gasteiger charge is 2.12. The predicted molar refractivity (Wildman–Crippen MR) is 111 cm³/mol. The molecule has 0 bridgehead atoms. The zero-order chi connectivity index (χ0) is 19.7. The normalized spacial score (nSPS) is 12.0. The van der Waals surface area contributed by atoms with Crippen molar-refractivity contribution in [3.63, 3.8) is 0 Å². The van der Waals surface area contributed by atoms with Crippen LogP contribution in [-0.2, 0) is 0 Å². The zero-order valence-electron chi connectivity index (χ0n) is 15.6. The quantitative estimate of drug-likeness (QED) is 0.521. The summed E-state index contributed by atoms with van der Waals surface area (Å²) in [6.07, 6.45) is 1.85. The van der Waals surface area contributed by atoms with Gasteiger partial charge in [-0.15, -0.1) is 5.10 Å². The molecular weight excluding hydrogens is 375 g/mol. The Hall–Kier alpha value is -3.06. The lowest BCUT2D eigenvalue weighted by molar-refractivity contribution is 0.628. The summed E-state index contributed by atoms with van der Waals surface area (Å²) in [5.74, 6) is 0.0941. The number of thiazole rings is 1. The summed E-state index contributed by atoms with van der Waals surface area (Å²) < 4.78 is 15.0. The molecule has 5 nitrogen and oxygen atoms in total. The molecule has 0 radical (unpaired) electrons. The predicted octanol–water partition coefficient (Wildman–Crippen LogP) is 3.35. The maximum Gasteiger partial charge on any atom is 0.291 e. The van der Waals surface area contributed by atoms with Crippen LogP contribution in [0.2, 0.25) is 0 Å². The number of fused-ring (bicyclic) bond motifs is 1. The third-order valence-corrected chi connectivity index (χ3v) is 5.56. The molecule has 4 rings (SSSR count). The fourth-order valence-corrected chi connectivity index (χ4v) is 3.98. The van der Waals surface area contributed by atoms with E-state index in [1.807, 2.05) is 18.2 Å². The monoisotopic (exact) mass is 394 g/mol. The summed E-state index contributed by atoms with van der Waals surface area (Å²) in [5, 5.41) is 4.29. The lowest BCUT2D eigenvalue weighted by Gasteiger charge is -2.20. The fraction of sp³-hybridized carbons (Fsp3) is 0.190. The van der Waals surface area contributed by atoms with Crippen LogP contribution in [0.1, 0.15) is 19.4 Å². The minimum Gasteiger partial charge on any atom is -0.372 e. The number of hydrogen-bond acceptors (Lipinski definition) is 5. The van der Waals surface area contributed by atoms with Crippen LogP contribution < -0.4 is 15.0 Å². The average molecular weight is 394 g/mol. The molecule has 0 fully saturated rings. The summed E-state index contributed by atoms with van der Waals surface area (Å²) in [5.41, 5.74) is 2.59. The molecule has 0 aliphatic heterocycles. The van der Waals surface area contributed by atoms with Gasteiger partial charge in [0.1, 0.15) is 5.82 Å². The molecule has 2 aromatic heterocycles. The molecule has 0 unspecified atom stereocenters. The summed E-state index contributed by atoms with van der Waals surface area (Å²) in [7, 11) is 0. The van der Waals surface area contributed by atoms with Crippen molar-refractivity contribution in [1.29, 1.82) is 0 Å². The van der Waals surface area contributed by atoms with Crippen LogP contribution in [0.3, 0.4) is 0 Å². The molecule has 28 heavy (non-hydrogen) atoms. The number of nitrogens with zero attached hydrogens (tertiary/aromatic N) is 4. The Balaban J connectivity index is 1.68. The first-order valence-corrected chi connectivity index (χ1v) is 9.93. The largest absolute Gasteiger partial charge is 0.372 e. The fourth-order valence-electron chi connectivity index (χ4n) is 3.08. The van der Waals surface area contributed by atoms with Gasteiger partial charge >= 0.3 is 0 Å². The van der Waals surface area contributed by atoms with Crippen molar-refractivity contribution in [3.8, 4) is 11.4 Å². The molecule has 0 N–H and O–H groups in total. The van der Waals surface area contributed by atoms with Crippen LogP contribution in [0.15, 0.2) is 53.3 Å². The molecule has 7 heteroatoms. The highest BCUT2D eigenvalue weighted by atomic mass is 32.1. The molecule has 0 atom stereocenters. The van der Waals surface area contributed by atoms with Crippen LogP contribution in [0, 0.1) is 5.82 Å². The van der Waals surface area contributed by atoms with Crippen LogP contribution >= 0.6 is 11.3 Å². The van der Waals surface area contributed by atoms with Gasteiger partial charge in [-0.05, 0) is 61.9 Å². The Kier molecular flexibility index (Phi) is 4.92. The van der Waals surface area contributed by atoms with Crippen LogP contribution in [0.25, 0.3) is 22.4 Å². The molecule has 142 valence electrons. The minimum absolute atomic E-state index is 0.200. The highest BCUT2D eigenvalue weighted by molar-refractivity contribution is 7.15. The van der Waals surface area contributed by atoms with Crippen molar-refractivity contribution in [2.24, 2.45) is 0 Å². The summed E-state index contributed by atoms with van der Waals surface area (Å²) >= 11 is 1.29. The Morgan fingerprint density at radius 1 is 1.07 bits per heavy atom. The van der Waals surface area contributed by atoms with Crippen molar-refractivity contribution in [2.75, 3.05) is 18.0 Å². The average Bonchev–Trinajstić information content (AvgIpc) is 3.24. The first-order chi connectivity index (χ1) is 13.6. The summed E-state index contributed by atoms with van der Waals surface area (Å²) in [6.45, 7) is 6.16. The number of aromatic nitrogens is 3. The van der Waals surface area contributed by atoms with E-state index in [-0.39, 0.29) is 11.4 Å². The van der Waals surface area contributed by atoms with Crippen molar-refractivity contribution in [2.45, 2.75) is 13.8 Å². The summed E-state index contributed by atoms with van der Waals surface area (Å²) in [6, 6.07) is 14.0. The zero-order valence-corrected chi connectivity index (χ0v) is 16.4. The second-order valence-corrected chi connectivity index (χ2v) is 7.33. The van der Waals surface area contributed by atoms with Gasteiger partial charge < -0.3 is 4.90 Å². The lowest BCUT2D eigenvalue weighted by Crippen LogP contribution is -2.23. The van der Waals surface area contributed by atoms with Gasteiger partial charge in [-0.2, -0.15) is 9.50 Å². The molecular formula is C21H19FN4OS. The molecule has 0 spiro atoms. The van der Waals surface area contributed by atoms with E-state index in [0.717, 1.165) is 24.3 Å². The maximum atomic E-state index is 13.1. The topological polar surface area (TPSA) is 50.5 Å². The van der Waals surface area contributed by atoms with Crippen LogP contribution in [0.5, 0.6) is 0 Å². The van der Waals surface area contributed by atoms with E-state index in [2.05, 4.69) is 41.0 Å². The van der Waals surface area contributed by atoms with Crippen molar-refractivity contribution in [3.05, 3.63) is 74.8 Å². The minimum atomic E-state index is -0.321. The number of benzene rings is 2. The Bertz CT molecular complexity index is 1210. The molecule has 4 aromatic rings. The van der Waals surface area contributed by atoms with E-state index >= 15 is 0 Å².